The van der Waals surface area contributed by atoms with Crippen LogP contribution in [0.3, 0.4) is 0 Å². The summed E-state index contributed by atoms with van der Waals surface area (Å²) in [5.41, 5.74) is 3.55. The van der Waals surface area contributed by atoms with Crippen molar-refractivity contribution in [1.29, 1.82) is 0 Å². The molecule has 0 fully saturated rings. The van der Waals surface area contributed by atoms with Crippen molar-refractivity contribution in [1.82, 2.24) is 5.32 Å². The van der Waals surface area contributed by atoms with E-state index in [1.165, 1.54) is 11.1 Å². The summed E-state index contributed by atoms with van der Waals surface area (Å²) in [6.45, 7) is 8.10. The zero-order valence-corrected chi connectivity index (χ0v) is 14.3. The SMILES string of the molecule is CC[C@@H](Oc1ccccc1)C(=O)N[C@@H](C)c1ccc(C)cc1C. The highest BCUT2D eigenvalue weighted by atomic mass is 16.5. The van der Waals surface area contributed by atoms with Crippen LogP contribution in [0.15, 0.2) is 48.5 Å². The molecule has 0 heterocycles. The lowest BCUT2D eigenvalue weighted by molar-refractivity contribution is -0.128. The Hall–Kier alpha value is -2.29. The second-order valence-corrected chi connectivity index (χ2v) is 5.92. The van der Waals surface area contributed by atoms with Crippen LogP contribution in [-0.2, 0) is 4.79 Å². The van der Waals surface area contributed by atoms with Crippen molar-refractivity contribution < 1.29 is 9.53 Å². The first-order valence-corrected chi connectivity index (χ1v) is 8.10. The predicted molar refractivity (Wildman–Crippen MR) is 93.6 cm³/mol. The summed E-state index contributed by atoms with van der Waals surface area (Å²) >= 11 is 0. The first kappa shape index (κ1) is 17.1. The van der Waals surface area contributed by atoms with Crippen LogP contribution in [0.2, 0.25) is 0 Å². The standard InChI is InChI=1S/C20H25NO2/c1-5-19(23-17-9-7-6-8-10-17)20(22)21-16(4)18-12-11-14(2)13-15(18)3/h6-13,16,19H,5H2,1-4H3,(H,21,22)/t16-,19+/m0/s1. The maximum Gasteiger partial charge on any atom is 0.261 e. The van der Waals surface area contributed by atoms with Crippen molar-refractivity contribution in [2.24, 2.45) is 0 Å². The Kier molecular flexibility index (Phi) is 5.80. The number of hydrogen-bond donors (Lipinski definition) is 1. The molecule has 2 rings (SSSR count). The lowest BCUT2D eigenvalue weighted by Gasteiger charge is -2.22. The molecule has 0 radical (unpaired) electrons. The molecule has 0 bridgehead atoms. The fourth-order valence-corrected chi connectivity index (χ4v) is 2.68. The van der Waals surface area contributed by atoms with Crippen molar-refractivity contribution in [3.05, 3.63) is 65.2 Å². The van der Waals surface area contributed by atoms with E-state index in [4.69, 9.17) is 4.74 Å². The highest BCUT2D eigenvalue weighted by Gasteiger charge is 2.21. The average Bonchev–Trinajstić information content (AvgIpc) is 2.53. The van der Waals surface area contributed by atoms with E-state index < -0.39 is 6.10 Å². The number of benzene rings is 2. The number of hydrogen-bond acceptors (Lipinski definition) is 2. The van der Waals surface area contributed by atoms with Crippen molar-refractivity contribution in [2.75, 3.05) is 0 Å². The molecule has 0 aromatic heterocycles. The number of rotatable bonds is 6. The van der Waals surface area contributed by atoms with Gasteiger partial charge in [0.15, 0.2) is 6.10 Å². The highest BCUT2D eigenvalue weighted by Crippen LogP contribution is 2.19. The van der Waals surface area contributed by atoms with Crippen LogP contribution in [-0.4, -0.2) is 12.0 Å². The number of nitrogens with one attached hydrogen (secondary N) is 1. The molecule has 0 aliphatic rings. The van der Waals surface area contributed by atoms with Crippen LogP contribution in [0.4, 0.5) is 0 Å². The maximum atomic E-state index is 12.5. The highest BCUT2D eigenvalue weighted by molar-refractivity contribution is 5.81. The molecule has 1 N–H and O–H groups in total. The number of carbonyl (C=O) groups is 1. The van der Waals surface area contributed by atoms with E-state index in [0.717, 1.165) is 5.56 Å². The summed E-state index contributed by atoms with van der Waals surface area (Å²) in [6, 6.07) is 15.7. The molecule has 0 aliphatic heterocycles. The van der Waals surface area contributed by atoms with Gasteiger partial charge in [0.05, 0.1) is 6.04 Å². The lowest BCUT2D eigenvalue weighted by atomic mass is 10.00. The minimum atomic E-state index is -0.481. The monoisotopic (exact) mass is 311 g/mol. The minimum absolute atomic E-state index is 0.0449. The van der Waals surface area contributed by atoms with Crippen LogP contribution >= 0.6 is 0 Å². The fourth-order valence-electron chi connectivity index (χ4n) is 2.68. The van der Waals surface area contributed by atoms with Crippen LogP contribution < -0.4 is 10.1 Å². The molecule has 0 unspecified atom stereocenters. The Bertz CT molecular complexity index is 652. The average molecular weight is 311 g/mol. The molecule has 0 saturated carbocycles. The third-order valence-electron chi connectivity index (χ3n) is 3.94. The van der Waals surface area contributed by atoms with Gasteiger partial charge < -0.3 is 10.1 Å². The molecule has 122 valence electrons. The van der Waals surface area contributed by atoms with Crippen molar-refractivity contribution >= 4 is 5.91 Å². The molecule has 23 heavy (non-hydrogen) atoms. The van der Waals surface area contributed by atoms with Crippen molar-refractivity contribution in [3.63, 3.8) is 0 Å². The third kappa shape index (κ3) is 4.59. The van der Waals surface area contributed by atoms with Gasteiger partial charge in [-0.2, -0.15) is 0 Å². The van der Waals surface area contributed by atoms with E-state index in [2.05, 4.69) is 37.4 Å². The van der Waals surface area contributed by atoms with E-state index >= 15 is 0 Å². The predicted octanol–water partition coefficient (Wildman–Crippen LogP) is 4.34. The molecule has 0 saturated heterocycles. The molecule has 1 amide bonds. The maximum absolute atomic E-state index is 12.5. The van der Waals surface area contributed by atoms with E-state index in [-0.39, 0.29) is 11.9 Å². The summed E-state index contributed by atoms with van der Waals surface area (Å²) in [5, 5.41) is 3.06. The van der Waals surface area contributed by atoms with E-state index in [0.29, 0.717) is 12.2 Å². The van der Waals surface area contributed by atoms with Crippen LogP contribution in [0, 0.1) is 13.8 Å². The van der Waals surface area contributed by atoms with Crippen molar-refractivity contribution in [3.8, 4) is 5.75 Å². The second-order valence-electron chi connectivity index (χ2n) is 5.92. The minimum Gasteiger partial charge on any atom is -0.481 e. The largest absolute Gasteiger partial charge is 0.481 e. The lowest BCUT2D eigenvalue weighted by Crippen LogP contribution is -2.39. The molecular weight excluding hydrogens is 286 g/mol. The van der Waals surface area contributed by atoms with Crippen LogP contribution in [0.5, 0.6) is 5.75 Å². The Balaban J connectivity index is 2.03. The smallest absolute Gasteiger partial charge is 0.261 e. The zero-order valence-electron chi connectivity index (χ0n) is 14.3. The summed E-state index contributed by atoms with van der Waals surface area (Å²) in [5.74, 6) is 0.637. The number of amides is 1. The Morgan fingerprint density at radius 3 is 2.43 bits per heavy atom. The summed E-state index contributed by atoms with van der Waals surface area (Å²) < 4.78 is 5.80. The van der Waals surface area contributed by atoms with Gasteiger partial charge in [0.1, 0.15) is 5.75 Å². The number of para-hydroxylation sites is 1. The van der Waals surface area contributed by atoms with E-state index in [9.17, 15) is 4.79 Å². The molecule has 3 heteroatoms. The quantitative estimate of drug-likeness (QED) is 0.862. The Labute approximate surface area is 138 Å². The second kappa shape index (κ2) is 7.82. The zero-order chi connectivity index (χ0) is 16.8. The van der Waals surface area contributed by atoms with Gasteiger partial charge in [-0.05, 0) is 50.5 Å². The van der Waals surface area contributed by atoms with Gasteiger partial charge in [-0.25, -0.2) is 0 Å². The molecule has 0 spiro atoms. The number of aryl methyl sites for hydroxylation is 2. The van der Waals surface area contributed by atoms with Gasteiger partial charge in [-0.1, -0.05) is 48.9 Å². The van der Waals surface area contributed by atoms with Gasteiger partial charge in [0.25, 0.3) is 5.91 Å². The first-order valence-electron chi connectivity index (χ1n) is 8.10. The number of carbonyl (C=O) groups excluding carboxylic acids is 1. The summed E-state index contributed by atoms with van der Waals surface area (Å²) in [4.78, 5) is 12.5. The number of ether oxygens (including phenoxy) is 1. The molecule has 2 atom stereocenters. The van der Waals surface area contributed by atoms with Gasteiger partial charge >= 0.3 is 0 Å². The fraction of sp³-hybridized carbons (Fsp3) is 0.350. The van der Waals surface area contributed by atoms with E-state index in [1.54, 1.807) is 0 Å². The van der Waals surface area contributed by atoms with Crippen LogP contribution in [0.1, 0.15) is 43.0 Å². The summed E-state index contributed by atoms with van der Waals surface area (Å²) in [7, 11) is 0. The third-order valence-corrected chi connectivity index (χ3v) is 3.94. The topological polar surface area (TPSA) is 38.3 Å². The van der Waals surface area contributed by atoms with Gasteiger partial charge in [-0.3, -0.25) is 4.79 Å². The molecule has 0 aliphatic carbocycles. The van der Waals surface area contributed by atoms with Crippen LogP contribution in [0.25, 0.3) is 0 Å². The summed E-state index contributed by atoms with van der Waals surface area (Å²) in [6.07, 6.45) is 0.144. The van der Waals surface area contributed by atoms with Gasteiger partial charge in [-0.15, -0.1) is 0 Å². The Morgan fingerprint density at radius 1 is 1.13 bits per heavy atom. The first-order chi connectivity index (χ1) is 11.0. The van der Waals surface area contributed by atoms with E-state index in [1.807, 2.05) is 44.2 Å². The molecule has 3 nitrogen and oxygen atoms in total. The van der Waals surface area contributed by atoms with Gasteiger partial charge in [0.2, 0.25) is 0 Å². The van der Waals surface area contributed by atoms with Gasteiger partial charge in [0, 0.05) is 0 Å². The normalized spacial score (nSPS) is 13.2. The molecular formula is C20H25NO2. The Morgan fingerprint density at radius 2 is 1.83 bits per heavy atom. The van der Waals surface area contributed by atoms with Crippen molar-refractivity contribution in [2.45, 2.75) is 46.3 Å². The molecule has 2 aromatic carbocycles. The molecule has 2 aromatic rings.